The topological polar surface area (TPSA) is 116 Å². The van der Waals surface area contributed by atoms with Crippen molar-refractivity contribution in [3.63, 3.8) is 0 Å². The van der Waals surface area contributed by atoms with E-state index >= 15 is 0 Å². The highest BCUT2D eigenvalue weighted by molar-refractivity contribution is 5.76. The van der Waals surface area contributed by atoms with Crippen LogP contribution < -0.4 is 4.74 Å². The van der Waals surface area contributed by atoms with E-state index in [0.717, 1.165) is 0 Å². The molecular weight excluding hydrogens is 316 g/mol. The maximum absolute atomic E-state index is 11.4. The van der Waals surface area contributed by atoms with Gasteiger partial charge in [-0.05, 0) is 31.0 Å². The molecule has 1 aromatic carbocycles. The number of ether oxygens (including phenoxy) is 2. The van der Waals surface area contributed by atoms with E-state index in [1.54, 1.807) is 32.0 Å². The summed E-state index contributed by atoms with van der Waals surface area (Å²) in [5, 5.41) is 39.5. The molecule has 1 saturated heterocycles. The average molecular weight is 340 g/mol. The number of aliphatic hydroxyl groups excluding tert-OH is 3. The van der Waals surface area contributed by atoms with E-state index in [9.17, 15) is 25.2 Å². The second-order valence-electron chi connectivity index (χ2n) is 6.03. The van der Waals surface area contributed by atoms with Crippen LogP contribution in [0.2, 0.25) is 0 Å². The van der Waals surface area contributed by atoms with Crippen molar-refractivity contribution in [2.24, 2.45) is 0 Å². The molecule has 0 radical (unpaired) electrons. The number of methoxy groups -OCH3 is 1. The minimum atomic E-state index is -1.37. The highest BCUT2D eigenvalue weighted by atomic mass is 16.5. The summed E-state index contributed by atoms with van der Waals surface area (Å²) < 4.78 is 10.9. The summed E-state index contributed by atoms with van der Waals surface area (Å²) in [6, 6.07) is 4.90. The molecule has 2 rings (SSSR count). The maximum atomic E-state index is 11.4. The lowest BCUT2D eigenvalue weighted by molar-refractivity contribution is -0.219. The zero-order valence-electron chi connectivity index (χ0n) is 13.9. The van der Waals surface area contributed by atoms with Gasteiger partial charge in [0.15, 0.2) is 0 Å². The van der Waals surface area contributed by atoms with Gasteiger partial charge >= 0.3 is 5.97 Å². The predicted molar refractivity (Wildman–Crippen MR) is 85.0 cm³/mol. The Hall–Kier alpha value is -1.67. The van der Waals surface area contributed by atoms with Crippen LogP contribution in [0.5, 0.6) is 5.75 Å². The standard InChI is InChI=1S/C17H24O7/c1-4-10(17(21)22)9-5-6-12(23-3)11(7-9)16-15(20)14(19)13(18)8(2)24-16/h5-8,10,13-16,18-20H,4H2,1-3H3,(H,21,22)/t8-,10?,13+,14+,15-,16+/m0/s1. The Morgan fingerprint density at radius 3 is 2.46 bits per heavy atom. The van der Waals surface area contributed by atoms with Gasteiger partial charge in [-0.3, -0.25) is 4.79 Å². The van der Waals surface area contributed by atoms with E-state index in [2.05, 4.69) is 0 Å². The Morgan fingerprint density at radius 2 is 1.92 bits per heavy atom. The number of hydrogen-bond donors (Lipinski definition) is 4. The molecule has 1 unspecified atom stereocenters. The van der Waals surface area contributed by atoms with Gasteiger partial charge in [-0.15, -0.1) is 0 Å². The number of carboxylic acid groups (broad SMARTS) is 1. The monoisotopic (exact) mass is 340 g/mol. The first-order valence-electron chi connectivity index (χ1n) is 7.92. The summed E-state index contributed by atoms with van der Waals surface area (Å²) in [7, 11) is 1.46. The summed E-state index contributed by atoms with van der Waals surface area (Å²) in [4.78, 5) is 11.4. The van der Waals surface area contributed by atoms with Crippen LogP contribution in [0.3, 0.4) is 0 Å². The van der Waals surface area contributed by atoms with Gasteiger partial charge < -0.3 is 29.9 Å². The molecule has 7 nitrogen and oxygen atoms in total. The SMILES string of the molecule is CCC(C(=O)O)c1ccc(OC)c([C@H]2O[C@@H](C)[C@@H](O)[C@@H](O)[C@@H]2O)c1. The Kier molecular flexibility index (Phi) is 5.82. The number of aliphatic hydroxyl groups is 3. The van der Waals surface area contributed by atoms with Gasteiger partial charge in [-0.1, -0.05) is 13.0 Å². The van der Waals surface area contributed by atoms with E-state index in [0.29, 0.717) is 23.3 Å². The van der Waals surface area contributed by atoms with Crippen LogP contribution in [-0.2, 0) is 9.53 Å². The molecule has 1 aromatic rings. The summed E-state index contributed by atoms with van der Waals surface area (Å²) in [6.45, 7) is 3.37. The van der Waals surface area contributed by atoms with Crippen molar-refractivity contribution in [2.75, 3.05) is 7.11 Å². The summed E-state index contributed by atoms with van der Waals surface area (Å²) in [5.74, 6) is -1.22. The van der Waals surface area contributed by atoms with Crippen LogP contribution >= 0.6 is 0 Å². The minimum absolute atomic E-state index is 0.410. The highest BCUT2D eigenvalue weighted by Crippen LogP contribution is 2.38. The molecule has 1 fully saturated rings. The van der Waals surface area contributed by atoms with E-state index in [4.69, 9.17) is 9.47 Å². The van der Waals surface area contributed by atoms with Crippen molar-refractivity contribution in [3.8, 4) is 5.75 Å². The molecule has 24 heavy (non-hydrogen) atoms. The largest absolute Gasteiger partial charge is 0.496 e. The van der Waals surface area contributed by atoms with Gasteiger partial charge in [-0.25, -0.2) is 0 Å². The summed E-state index contributed by atoms with van der Waals surface area (Å²) >= 11 is 0. The van der Waals surface area contributed by atoms with Gasteiger partial charge in [0.2, 0.25) is 0 Å². The molecule has 0 bridgehead atoms. The average Bonchev–Trinajstić information content (AvgIpc) is 2.56. The van der Waals surface area contributed by atoms with E-state index in [1.807, 2.05) is 0 Å². The van der Waals surface area contributed by atoms with Gasteiger partial charge in [0.1, 0.15) is 30.2 Å². The van der Waals surface area contributed by atoms with Crippen molar-refractivity contribution < 1.29 is 34.7 Å². The van der Waals surface area contributed by atoms with Gasteiger partial charge in [0.05, 0.1) is 19.1 Å². The van der Waals surface area contributed by atoms with Crippen LogP contribution in [0.1, 0.15) is 43.4 Å². The van der Waals surface area contributed by atoms with E-state index in [-0.39, 0.29) is 0 Å². The lowest BCUT2D eigenvalue weighted by Gasteiger charge is -2.40. The fourth-order valence-corrected chi connectivity index (χ4v) is 3.05. The molecule has 1 aliphatic heterocycles. The Labute approximate surface area is 140 Å². The van der Waals surface area contributed by atoms with Crippen LogP contribution in [0.25, 0.3) is 0 Å². The van der Waals surface area contributed by atoms with Crippen molar-refractivity contribution in [1.82, 2.24) is 0 Å². The maximum Gasteiger partial charge on any atom is 0.310 e. The molecule has 0 amide bonds. The number of carboxylic acids is 1. The van der Waals surface area contributed by atoms with Crippen molar-refractivity contribution in [1.29, 1.82) is 0 Å². The Balaban J connectivity index is 2.45. The van der Waals surface area contributed by atoms with Crippen molar-refractivity contribution in [2.45, 2.75) is 56.7 Å². The molecule has 0 saturated carbocycles. The van der Waals surface area contributed by atoms with E-state index in [1.165, 1.54) is 7.11 Å². The van der Waals surface area contributed by atoms with Crippen molar-refractivity contribution >= 4 is 5.97 Å². The highest BCUT2D eigenvalue weighted by Gasteiger charge is 2.43. The third kappa shape index (κ3) is 3.39. The molecule has 0 aromatic heterocycles. The van der Waals surface area contributed by atoms with E-state index < -0.39 is 42.4 Å². The molecule has 6 atom stereocenters. The summed E-state index contributed by atoms with van der Waals surface area (Å²) in [6.07, 6.45) is -5.14. The van der Waals surface area contributed by atoms with Crippen LogP contribution in [0, 0.1) is 0 Å². The normalized spacial score (nSPS) is 31.5. The van der Waals surface area contributed by atoms with Gasteiger partial charge in [0.25, 0.3) is 0 Å². The molecule has 7 heteroatoms. The van der Waals surface area contributed by atoms with Gasteiger partial charge in [-0.2, -0.15) is 0 Å². The third-order valence-electron chi connectivity index (χ3n) is 4.52. The van der Waals surface area contributed by atoms with Gasteiger partial charge in [0, 0.05) is 5.56 Å². The quantitative estimate of drug-likeness (QED) is 0.627. The van der Waals surface area contributed by atoms with Crippen LogP contribution in [-0.4, -0.2) is 57.9 Å². The molecule has 134 valence electrons. The molecule has 4 N–H and O–H groups in total. The first-order valence-corrected chi connectivity index (χ1v) is 7.92. The number of carbonyl (C=O) groups is 1. The zero-order valence-corrected chi connectivity index (χ0v) is 13.9. The second kappa shape index (κ2) is 7.48. The Morgan fingerprint density at radius 1 is 1.25 bits per heavy atom. The van der Waals surface area contributed by atoms with Crippen LogP contribution in [0.4, 0.5) is 0 Å². The number of benzene rings is 1. The fraction of sp³-hybridized carbons (Fsp3) is 0.588. The molecular formula is C17H24O7. The molecule has 1 heterocycles. The molecule has 1 aliphatic rings. The number of aliphatic carboxylic acids is 1. The Bertz CT molecular complexity index is 588. The first-order chi connectivity index (χ1) is 11.3. The summed E-state index contributed by atoms with van der Waals surface area (Å²) in [5.41, 5.74) is 1.00. The number of hydrogen-bond acceptors (Lipinski definition) is 6. The smallest absolute Gasteiger partial charge is 0.310 e. The zero-order chi connectivity index (χ0) is 18.0. The van der Waals surface area contributed by atoms with Crippen LogP contribution in [0.15, 0.2) is 18.2 Å². The minimum Gasteiger partial charge on any atom is -0.496 e. The fourth-order valence-electron chi connectivity index (χ4n) is 3.05. The third-order valence-corrected chi connectivity index (χ3v) is 4.52. The van der Waals surface area contributed by atoms with Crippen molar-refractivity contribution in [3.05, 3.63) is 29.3 Å². The second-order valence-corrected chi connectivity index (χ2v) is 6.03. The lowest BCUT2D eigenvalue weighted by atomic mass is 9.88. The predicted octanol–water partition coefficient (Wildman–Crippen LogP) is 0.816. The lowest BCUT2D eigenvalue weighted by Crippen LogP contribution is -2.53. The first kappa shape index (κ1) is 18.7. The molecule has 0 spiro atoms. The number of rotatable bonds is 5. The molecule has 0 aliphatic carbocycles.